The minimum absolute atomic E-state index is 0.0403. The lowest BCUT2D eigenvalue weighted by atomic mass is 10.0. The number of pyridine rings is 1. The summed E-state index contributed by atoms with van der Waals surface area (Å²) >= 11 is 0. The molecule has 2 aliphatic rings. The quantitative estimate of drug-likeness (QED) is 0.785. The normalized spacial score (nSPS) is 19.3. The van der Waals surface area contributed by atoms with Gasteiger partial charge in [-0.2, -0.15) is 0 Å². The van der Waals surface area contributed by atoms with Gasteiger partial charge in [0.2, 0.25) is 0 Å². The van der Waals surface area contributed by atoms with Crippen molar-refractivity contribution in [3.63, 3.8) is 0 Å². The molecule has 142 valence electrons. The van der Waals surface area contributed by atoms with E-state index in [1.807, 2.05) is 6.07 Å². The summed E-state index contributed by atoms with van der Waals surface area (Å²) in [5, 5.41) is 0. The third-order valence-corrected chi connectivity index (χ3v) is 6.98. The summed E-state index contributed by atoms with van der Waals surface area (Å²) < 4.78 is 23.1. The topological polar surface area (TPSA) is 70.6 Å². The van der Waals surface area contributed by atoms with Crippen LogP contribution < -0.4 is 4.90 Å². The van der Waals surface area contributed by atoms with Crippen molar-refractivity contribution in [1.29, 1.82) is 0 Å². The molecule has 0 N–H and O–H groups in total. The molecule has 0 atom stereocenters. The maximum Gasteiger partial charge on any atom is 0.255 e. The Morgan fingerprint density at radius 2 is 1.52 bits per heavy atom. The lowest BCUT2D eigenvalue weighted by Gasteiger charge is -2.27. The summed E-state index contributed by atoms with van der Waals surface area (Å²) in [7, 11) is -2.99. The monoisotopic (exact) mass is 385 g/mol. The highest BCUT2D eigenvalue weighted by molar-refractivity contribution is 7.91. The zero-order valence-corrected chi connectivity index (χ0v) is 16.0. The molecule has 27 heavy (non-hydrogen) atoms. The van der Waals surface area contributed by atoms with Gasteiger partial charge in [0.15, 0.2) is 9.84 Å². The second-order valence-corrected chi connectivity index (χ2v) is 9.41. The molecular formula is C20H23N3O3S. The van der Waals surface area contributed by atoms with E-state index in [0.29, 0.717) is 5.56 Å². The predicted molar refractivity (Wildman–Crippen MR) is 105 cm³/mol. The largest absolute Gasteiger partial charge is 0.356 e. The van der Waals surface area contributed by atoms with Crippen LogP contribution in [0.2, 0.25) is 0 Å². The number of amides is 1. The second-order valence-electron chi connectivity index (χ2n) is 7.10. The molecular weight excluding hydrogens is 362 g/mol. The Hall–Kier alpha value is -2.41. The summed E-state index contributed by atoms with van der Waals surface area (Å²) in [4.78, 5) is 20.9. The van der Waals surface area contributed by atoms with Crippen LogP contribution in [0.4, 0.5) is 5.82 Å². The number of hydrogen-bond acceptors (Lipinski definition) is 5. The number of carbonyl (C=O) groups excluding carboxylic acids is 1. The van der Waals surface area contributed by atoms with E-state index in [9.17, 15) is 13.2 Å². The van der Waals surface area contributed by atoms with Crippen LogP contribution in [0.1, 0.15) is 21.5 Å². The van der Waals surface area contributed by atoms with Gasteiger partial charge < -0.3 is 9.80 Å². The van der Waals surface area contributed by atoms with Gasteiger partial charge in [0.25, 0.3) is 5.91 Å². The molecule has 6 nitrogen and oxygen atoms in total. The Morgan fingerprint density at radius 1 is 0.889 bits per heavy atom. The molecule has 1 saturated heterocycles. The summed E-state index contributed by atoms with van der Waals surface area (Å²) in [5.74, 6) is 0.810. The van der Waals surface area contributed by atoms with Crippen molar-refractivity contribution in [3.8, 4) is 0 Å². The van der Waals surface area contributed by atoms with E-state index in [-0.39, 0.29) is 30.5 Å². The second kappa shape index (κ2) is 7.31. The number of aromatic nitrogens is 1. The molecule has 0 unspecified atom stereocenters. The van der Waals surface area contributed by atoms with Gasteiger partial charge in [-0.15, -0.1) is 0 Å². The maximum atomic E-state index is 12.6. The van der Waals surface area contributed by atoms with Crippen molar-refractivity contribution in [2.75, 3.05) is 42.6 Å². The highest BCUT2D eigenvalue weighted by Gasteiger charge is 2.26. The lowest BCUT2D eigenvalue weighted by molar-refractivity contribution is 0.0770. The minimum Gasteiger partial charge on any atom is -0.356 e. The van der Waals surface area contributed by atoms with Gasteiger partial charge in [0, 0.05) is 32.4 Å². The number of rotatable bonds is 2. The number of hydrogen-bond donors (Lipinski definition) is 0. The van der Waals surface area contributed by atoms with Crippen LogP contribution in [0.25, 0.3) is 0 Å². The van der Waals surface area contributed by atoms with E-state index in [2.05, 4.69) is 34.1 Å². The predicted octanol–water partition coefficient (Wildman–Crippen LogP) is 1.56. The van der Waals surface area contributed by atoms with Gasteiger partial charge >= 0.3 is 0 Å². The molecule has 1 aromatic heterocycles. The van der Waals surface area contributed by atoms with Crippen molar-refractivity contribution < 1.29 is 13.2 Å². The van der Waals surface area contributed by atoms with Crippen molar-refractivity contribution in [2.24, 2.45) is 0 Å². The van der Waals surface area contributed by atoms with Crippen molar-refractivity contribution in [1.82, 2.24) is 9.88 Å². The van der Waals surface area contributed by atoms with Gasteiger partial charge in [-0.1, -0.05) is 24.3 Å². The molecule has 1 amide bonds. The van der Waals surface area contributed by atoms with Gasteiger partial charge in [-0.05, 0) is 36.1 Å². The fraction of sp³-hybridized carbons (Fsp3) is 0.400. The molecule has 4 rings (SSSR count). The molecule has 1 aromatic carbocycles. The lowest BCUT2D eigenvalue weighted by Crippen LogP contribution is -2.43. The molecule has 1 fully saturated rings. The van der Waals surface area contributed by atoms with Crippen molar-refractivity contribution in [3.05, 3.63) is 59.3 Å². The number of benzene rings is 1. The average Bonchev–Trinajstić information content (AvgIpc) is 2.90. The summed E-state index contributed by atoms with van der Waals surface area (Å²) in [6.07, 6.45) is 3.58. The third kappa shape index (κ3) is 3.98. The molecule has 0 radical (unpaired) electrons. The first-order valence-electron chi connectivity index (χ1n) is 9.29. The fourth-order valence-corrected chi connectivity index (χ4v) is 4.90. The van der Waals surface area contributed by atoms with E-state index in [1.165, 1.54) is 11.1 Å². The Labute approximate surface area is 159 Å². The van der Waals surface area contributed by atoms with E-state index in [1.54, 1.807) is 17.2 Å². The number of nitrogens with zero attached hydrogens (tertiary/aromatic N) is 3. The first kappa shape index (κ1) is 18.0. The standard InChI is InChI=1S/C20H23N3O3S/c24-20(23-11-13-27(25,26)14-12-23)18-5-6-19(21-15-18)22-9-7-16-3-1-2-4-17(16)8-10-22/h1-6,15H,7-14H2. The van der Waals surface area contributed by atoms with Crippen LogP contribution in [0.3, 0.4) is 0 Å². The zero-order chi connectivity index (χ0) is 18.9. The Kier molecular flexibility index (Phi) is 4.86. The molecule has 2 aromatic rings. The molecule has 0 aliphatic carbocycles. The molecule has 0 bridgehead atoms. The van der Waals surface area contributed by atoms with Crippen LogP contribution >= 0.6 is 0 Å². The third-order valence-electron chi connectivity index (χ3n) is 5.37. The van der Waals surface area contributed by atoms with Gasteiger partial charge in [0.1, 0.15) is 5.82 Å². The highest BCUT2D eigenvalue weighted by atomic mass is 32.2. The molecule has 0 saturated carbocycles. The Balaban J connectivity index is 1.43. The zero-order valence-electron chi connectivity index (χ0n) is 15.2. The molecule has 3 heterocycles. The van der Waals surface area contributed by atoms with Crippen molar-refractivity contribution >= 4 is 21.6 Å². The molecule has 0 spiro atoms. The van der Waals surface area contributed by atoms with Gasteiger partial charge in [-0.25, -0.2) is 13.4 Å². The molecule has 2 aliphatic heterocycles. The van der Waals surface area contributed by atoms with E-state index < -0.39 is 9.84 Å². The number of carbonyl (C=O) groups is 1. The smallest absolute Gasteiger partial charge is 0.255 e. The summed E-state index contributed by atoms with van der Waals surface area (Å²) in [5.41, 5.74) is 3.30. The van der Waals surface area contributed by atoms with E-state index in [0.717, 1.165) is 31.7 Å². The number of anilines is 1. The number of sulfone groups is 1. The first-order valence-corrected chi connectivity index (χ1v) is 11.1. The maximum absolute atomic E-state index is 12.6. The summed E-state index contributed by atoms with van der Waals surface area (Å²) in [6, 6.07) is 12.2. The van der Waals surface area contributed by atoms with Crippen LogP contribution in [0, 0.1) is 0 Å². The van der Waals surface area contributed by atoms with Crippen LogP contribution in [-0.4, -0.2) is 61.9 Å². The van der Waals surface area contributed by atoms with Crippen LogP contribution in [0.5, 0.6) is 0 Å². The average molecular weight is 385 g/mol. The van der Waals surface area contributed by atoms with Gasteiger partial charge in [0.05, 0.1) is 17.1 Å². The van der Waals surface area contributed by atoms with E-state index in [4.69, 9.17) is 0 Å². The van der Waals surface area contributed by atoms with Crippen LogP contribution in [0.15, 0.2) is 42.6 Å². The summed E-state index contributed by atoms with van der Waals surface area (Å²) in [6.45, 7) is 2.32. The van der Waals surface area contributed by atoms with Crippen LogP contribution in [-0.2, 0) is 22.7 Å². The molecule has 7 heteroatoms. The highest BCUT2D eigenvalue weighted by Crippen LogP contribution is 2.20. The van der Waals surface area contributed by atoms with Crippen molar-refractivity contribution in [2.45, 2.75) is 12.8 Å². The number of fused-ring (bicyclic) bond motifs is 1. The van der Waals surface area contributed by atoms with E-state index >= 15 is 0 Å². The first-order chi connectivity index (χ1) is 13.0. The fourth-order valence-electron chi connectivity index (χ4n) is 3.69. The Morgan fingerprint density at radius 3 is 2.07 bits per heavy atom. The minimum atomic E-state index is -2.99. The Bertz CT molecular complexity index is 900. The SMILES string of the molecule is O=C(c1ccc(N2CCc3ccccc3CC2)nc1)N1CCS(=O)(=O)CC1. The van der Waals surface area contributed by atoms with Gasteiger partial charge in [-0.3, -0.25) is 4.79 Å².